The number of nitrogens with zero attached hydrogens (tertiary/aromatic N) is 10. The zero-order chi connectivity index (χ0) is 92.3. The second kappa shape index (κ2) is 28.0. The van der Waals surface area contributed by atoms with Gasteiger partial charge in [-0.25, -0.2) is 22.8 Å². The fourth-order valence-corrected chi connectivity index (χ4v) is 29.4. The Morgan fingerprint density at radius 3 is 0.964 bits per heavy atom. The number of hydrogen-bond donors (Lipinski definition) is 0. The van der Waals surface area contributed by atoms with Gasteiger partial charge in [0.05, 0.1) is 26.9 Å². The molecule has 10 nitrogen and oxygen atoms in total. The van der Waals surface area contributed by atoms with E-state index in [2.05, 4.69) is 366 Å². The first-order valence-electron chi connectivity index (χ1n) is 50.7. The molecule has 34 rings (SSSR count). The molecule has 10 heteroatoms. The molecule has 0 saturated heterocycles. The van der Waals surface area contributed by atoms with Crippen LogP contribution in [0.15, 0.2) is 224 Å². The largest absolute Gasteiger partial charge is 0.295 e. The van der Waals surface area contributed by atoms with Crippen LogP contribution < -0.4 is 22.0 Å². The molecule has 0 radical (unpaired) electrons. The zero-order valence-electron chi connectivity index (χ0n) is 81.4. The van der Waals surface area contributed by atoms with Crippen molar-refractivity contribution in [2.24, 2.45) is 0 Å². The van der Waals surface area contributed by atoms with Crippen LogP contribution in [-0.2, 0) is 96.9 Å². The van der Waals surface area contributed by atoms with E-state index in [9.17, 15) is 0 Å². The molecule has 14 aromatic carbocycles. The Kier molecular flexibility index (Phi) is 16.1. The Morgan fingerprint density at radius 1 is 0.188 bits per heavy atom. The first-order valence-corrected chi connectivity index (χ1v) is 50.7. The molecule has 0 amide bonds. The highest BCUT2D eigenvalue weighted by atomic mass is 15.2. The van der Waals surface area contributed by atoms with Gasteiger partial charge in [0.2, 0.25) is 0 Å². The Bertz CT molecular complexity index is 9890. The molecule has 24 aromatic rings. The van der Waals surface area contributed by atoms with Crippen LogP contribution in [0, 0.1) is 96.9 Å². The molecule has 10 aliphatic rings. The van der Waals surface area contributed by atoms with Gasteiger partial charge in [-0.1, -0.05) is 188 Å². The predicted octanol–water partition coefficient (Wildman–Crippen LogP) is 26.0. The lowest BCUT2D eigenvalue weighted by Crippen LogP contribution is -2.31. The molecule has 10 aliphatic heterocycles. The van der Waals surface area contributed by atoms with Crippen molar-refractivity contribution in [2.45, 2.75) is 194 Å². The number of rotatable bonds is 4. The minimum atomic E-state index is 0.992. The second-order valence-electron chi connectivity index (χ2n) is 42.5. The quantitative estimate of drug-likeness (QED) is 0.125. The molecule has 0 unspecified atom stereocenters. The van der Waals surface area contributed by atoms with Gasteiger partial charge in [0.25, 0.3) is 28.2 Å². The average molecular weight is 1790 g/mol. The minimum absolute atomic E-state index is 0.992. The van der Waals surface area contributed by atoms with Crippen molar-refractivity contribution in [1.29, 1.82) is 0 Å². The lowest BCUT2D eigenvalue weighted by Gasteiger charge is -2.20. The SMILES string of the molecule is Cc1ccc2c3cccc4c3c3n(c(C)c5[n+]3c2c1CC5)C4.Cc1cccc(C)c1-c1cc2c3c(c1)c1cccc4c1[n+]1c(c(C)n(c31)C2)CC4.Cc1cccc(C)c1-c1cc2c3c(c1)c1cccc4c1c1n(c(C)c([n+]31)CC2)C4.Cc1cccc(C)c1-c1ccc2c3c1c1cccc4c1[n+]1c(c(C)n(c31)C2)CC4.Cc1cccc(C)c1-c1ccc2c3cccc4c3c3n(c(C)c5[n+]3c2c1CC5)C4. The molecule has 0 bridgehead atoms. The van der Waals surface area contributed by atoms with Crippen molar-refractivity contribution in [3.63, 3.8) is 0 Å². The monoisotopic (exact) mass is 1790 g/mol. The van der Waals surface area contributed by atoms with Crippen LogP contribution in [0.2, 0.25) is 0 Å². The van der Waals surface area contributed by atoms with E-state index in [1.807, 2.05) is 0 Å². The highest BCUT2D eigenvalue weighted by Crippen LogP contribution is 2.51. The van der Waals surface area contributed by atoms with E-state index in [1.165, 1.54) is 351 Å². The summed E-state index contributed by atoms with van der Waals surface area (Å²) in [6.45, 7) is 36.8. The summed E-state index contributed by atoms with van der Waals surface area (Å²) in [5.41, 5.74) is 67.4. The lowest BCUT2D eigenvalue weighted by molar-refractivity contribution is -0.492. The van der Waals surface area contributed by atoms with Crippen LogP contribution in [0.1, 0.15) is 163 Å². The van der Waals surface area contributed by atoms with Crippen LogP contribution in [0.25, 0.3) is 181 Å². The molecule has 666 valence electrons. The van der Waals surface area contributed by atoms with Crippen LogP contribution in [0.4, 0.5) is 0 Å². The molecule has 0 aliphatic carbocycles. The van der Waals surface area contributed by atoms with Crippen molar-refractivity contribution in [1.82, 2.24) is 22.8 Å². The summed E-state index contributed by atoms with van der Waals surface area (Å²) in [7, 11) is 0. The molecule has 0 atom stereocenters. The van der Waals surface area contributed by atoms with E-state index in [0.717, 1.165) is 84.1 Å². The zero-order valence-corrected chi connectivity index (χ0v) is 81.4. The van der Waals surface area contributed by atoms with Gasteiger partial charge >= 0.3 is 0 Å². The predicted molar refractivity (Wildman–Crippen MR) is 564 cm³/mol. The Hall–Kier alpha value is -14.9. The third-order valence-electron chi connectivity index (χ3n) is 35.5. The van der Waals surface area contributed by atoms with Crippen molar-refractivity contribution in [2.75, 3.05) is 0 Å². The number of hydrogen-bond acceptors (Lipinski definition) is 0. The number of imidazole rings is 5. The second-order valence-corrected chi connectivity index (χ2v) is 42.5. The molecule has 0 saturated carbocycles. The smallest absolute Gasteiger partial charge is 0.222 e. The lowest BCUT2D eigenvalue weighted by atomic mass is 9.86. The van der Waals surface area contributed by atoms with E-state index < -0.39 is 0 Å². The summed E-state index contributed by atoms with van der Waals surface area (Å²) < 4.78 is 25.7. The van der Waals surface area contributed by atoms with E-state index >= 15 is 0 Å². The molecule has 10 aromatic heterocycles. The number of pyridine rings is 5. The minimum Gasteiger partial charge on any atom is -0.222 e. The highest BCUT2D eigenvalue weighted by molar-refractivity contribution is 6.21. The number of para-hydroxylation sites is 2. The van der Waals surface area contributed by atoms with Crippen LogP contribution in [-0.4, -0.2) is 22.8 Å². The van der Waals surface area contributed by atoms with Gasteiger partial charge < -0.3 is 0 Å². The normalized spacial score (nSPS) is 14.4. The molecular weight excluding hydrogens is 1680 g/mol. The summed E-state index contributed by atoms with van der Waals surface area (Å²) in [5, 5.41) is 21.5. The van der Waals surface area contributed by atoms with Crippen LogP contribution in [0.3, 0.4) is 0 Å². The van der Waals surface area contributed by atoms with Crippen molar-refractivity contribution < 1.29 is 22.0 Å². The van der Waals surface area contributed by atoms with Gasteiger partial charge in [0.15, 0.2) is 28.5 Å². The summed E-state index contributed by atoms with van der Waals surface area (Å²) >= 11 is 0. The van der Waals surface area contributed by atoms with Gasteiger partial charge in [-0.15, -0.1) is 0 Å². The van der Waals surface area contributed by atoms with E-state index in [4.69, 9.17) is 0 Å². The average Bonchev–Trinajstić information content (AvgIpc) is 1.55. The standard InChI is InChI=1S/4C27H23N2.C20H17N2/c1-15-6-4-7-16(2)23(15)20-12-10-19-14-28-17(3)22-13-11-18-8-5-9-21-25(20)24(19)27(28)29(22)26(18)21;1-15-6-4-7-16(2)24(15)20-12-18-10-11-23-17(3)28-14-19-8-5-9-21-22(13-20)26(18)29(23)27(28)25(19)21;1-15-6-4-7-16(2)24(15)19-12-20-14-28-17(3)23-11-10-18-8-5-9-21-22(13-19)25(20)27(28)29(23)26(18)21;1-15-6-4-7-16(2)24(15)20-10-11-21-19-9-5-8-18-14-28-17(3)23-13-12-22(20)26(21)29(23)27(28)25(18)19;1-11-6-7-16-15-5-3-4-13-10-21-12(2)17-9-8-14(11)19(16)22(17)20(21)18(13)15/h4-10,12H,11,13-14H2,1-3H3;2*4-9,12-13H,10-11,14H2,1-3H3;4-11H,12-14H2,1-3H3;3-7H,8-10H2,1-2H3/q5*+1. The maximum absolute atomic E-state index is 2.61. The van der Waals surface area contributed by atoms with Gasteiger partial charge in [0, 0.05) is 176 Å². The molecule has 138 heavy (non-hydrogen) atoms. The Morgan fingerprint density at radius 2 is 0.493 bits per heavy atom. The Labute approximate surface area is 801 Å². The van der Waals surface area contributed by atoms with E-state index in [-0.39, 0.29) is 0 Å². The first-order chi connectivity index (χ1) is 67.3. The highest BCUT2D eigenvalue weighted by Gasteiger charge is 2.44. The van der Waals surface area contributed by atoms with Crippen molar-refractivity contribution >= 4 is 137 Å². The molecule has 0 N–H and O–H groups in total. The van der Waals surface area contributed by atoms with Gasteiger partial charge in [-0.3, -0.25) is 0 Å². The molecular formula is C128H109N10+5. The molecule has 0 fully saturated rings. The van der Waals surface area contributed by atoms with Crippen molar-refractivity contribution in [3.8, 4) is 44.5 Å². The fraction of sp³-hybridized carbons (Fsp3) is 0.227. The Balaban J connectivity index is 0.0000000817. The topological polar surface area (TPSA) is 45.1 Å². The van der Waals surface area contributed by atoms with Crippen LogP contribution in [0.5, 0.6) is 0 Å². The van der Waals surface area contributed by atoms with E-state index in [0.29, 0.717) is 0 Å². The fourth-order valence-electron chi connectivity index (χ4n) is 29.4. The maximum Gasteiger partial charge on any atom is 0.295 e. The summed E-state index contributed by atoms with van der Waals surface area (Å²) in [5.74, 6) is 0. The third kappa shape index (κ3) is 10.1. The maximum atomic E-state index is 2.61. The number of aryl methyl sites for hydroxylation is 19. The third-order valence-corrected chi connectivity index (χ3v) is 35.5. The number of benzene rings is 14. The van der Waals surface area contributed by atoms with Crippen LogP contribution >= 0.6 is 0 Å². The first kappa shape index (κ1) is 79.4. The van der Waals surface area contributed by atoms with Gasteiger partial charge in [-0.2, -0.15) is 22.0 Å². The van der Waals surface area contributed by atoms with Gasteiger partial charge in [-0.05, 0) is 225 Å². The number of fused-ring (bicyclic) bond motifs is 5. The summed E-state index contributed by atoms with van der Waals surface area (Å²) in [4.78, 5) is 0. The summed E-state index contributed by atoms with van der Waals surface area (Å²) in [6.07, 6.45) is 11.4. The molecule has 0 spiro atoms. The molecule has 20 heterocycles. The summed E-state index contributed by atoms with van der Waals surface area (Å²) in [6, 6.07) is 85.0. The van der Waals surface area contributed by atoms with E-state index in [1.54, 1.807) is 5.56 Å². The van der Waals surface area contributed by atoms with Gasteiger partial charge in [0.1, 0.15) is 88.8 Å². The van der Waals surface area contributed by atoms with Crippen molar-refractivity contribution in [3.05, 3.63) is 387 Å². The number of aromatic nitrogens is 10.